The van der Waals surface area contributed by atoms with Gasteiger partial charge in [-0.2, -0.15) is 0 Å². The van der Waals surface area contributed by atoms with Crippen LogP contribution in [-0.2, 0) is 11.3 Å². The van der Waals surface area contributed by atoms with Gasteiger partial charge in [-0.3, -0.25) is 14.5 Å². The normalized spacial score (nSPS) is 21.2. The summed E-state index contributed by atoms with van der Waals surface area (Å²) in [6.45, 7) is 4.25. The maximum Gasteiger partial charge on any atom is 0.275 e. The highest BCUT2D eigenvalue weighted by Crippen LogP contribution is 2.38. The van der Waals surface area contributed by atoms with Gasteiger partial charge >= 0.3 is 0 Å². The van der Waals surface area contributed by atoms with E-state index in [1.54, 1.807) is 12.0 Å². The van der Waals surface area contributed by atoms with Crippen molar-refractivity contribution in [1.29, 1.82) is 0 Å². The molecule has 2 aromatic carbocycles. The molecule has 6 nitrogen and oxygen atoms in total. The van der Waals surface area contributed by atoms with Crippen LogP contribution in [0.2, 0.25) is 0 Å². The first kappa shape index (κ1) is 21.6. The molecule has 0 saturated heterocycles. The van der Waals surface area contributed by atoms with Crippen molar-refractivity contribution in [3.05, 3.63) is 59.8 Å². The third kappa shape index (κ3) is 3.58. The molecule has 172 valence electrons. The summed E-state index contributed by atoms with van der Waals surface area (Å²) >= 11 is 0. The van der Waals surface area contributed by atoms with Crippen LogP contribution < -0.4 is 15.0 Å². The highest BCUT2D eigenvalue weighted by Gasteiger charge is 2.49. The molecule has 2 heterocycles. The fourth-order valence-electron chi connectivity index (χ4n) is 5.38. The lowest BCUT2D eigenvalue weighted by atomic mass is 9.90. The predicted octanol–water partition coefficient (Wildman–Crippen LogP) is 4.83. The Morgan fingerprint density at radius 3 is 2.58 bits per heavy atom. The number of aryl methyl sites for hydroxylation is 1. The number of nitrogens with one attached hydrogen (secondary N) is 1. The molecule has 6 heteroatoms. The molecule has 1 aromatic heterocycles. The number of benzene rings is 2. The molecule has 1 unspecified atom stereocenters. The van der Waals surface area contributed by atoms with Crippen molar-refractivity contribution < 1.29 is 14.3 Å². The lowest BCUT2D eigenvalue weighted by Gasteiger charge is -2.45. The third-order valence-corrected chi connectivity index (χ3v) is 7.28. The number of hydrogen-bond acceptors (Lipinski definition) is 3. The molecule has 2 amide bonds. The maximum absolute atomic E-state index is 14.0. The van der Waals surface area contributed by atoms with E-state index in [0.717, 1.165) is 53.6 Å². The lowest BCUT2D eigenvalue weighted by molar-refractivity contribution is -0.127. The lowest BCUT2D eigenvalue weighted by Crippen LogP contribution is -2.65. The molecule has 33 heavy (non-hydrogen) atoms. The third-order valence-electron chi connectivity index (χ3n) is 7.28. The average Bonchev–Trinajstić information content (AvgIpc) is 3.18. The van der Waals surface area contributed by atoms with Crippen LogP contribution >= 0.6 is 0 Å². The topological polar surface area (TPSA) is 63.6 Å². The second-order valence-electron chi connectivity index (χ2n) is 9.55. The fourth-order valence-corrected chi connectivity index (χ4v) is 5.38. The SMILES string of the molecule is COc1ccc2cc3n(c2c1)CC(C)(C(=O)NC1CCCCC1)N(c1ccccc1C)C3=O. The second kappa shape index (κ2) is 8.25. The van der Waals surface area contributed by atoms with Gasteiger partial charge in [0.05, 0.1) is 19.2 Å². The Kier molecular flexibility index (Phi) is 5.39. The van der Waals surface area contributed by atoms with E-state index in [9.17, 15) is 9.59 Å². The Balaban J connectivity index is 1.64. The van der Waals surface area contributed by atoms with Gasteiger partial charge in [-0.25, -0.2) is 0 Å². The summed E-state index contributed by atoms with van der Waals surface area (Å²) < 4.78 is 7.41. The maximum atomic E-state index is 14.0. The number of aromatic nitrogens is 1. The molecule has 0 bridgehead atoms. The van der Waals surface area contributed by atoms with E-state index in [1.165, 1.54) is 6.42 Å². The monoisotopic (exact) mass is 445 g/mol. The largest absolute Gasteiger partial charge is 0.497 e. The molecule has 1 N–H and O–H groups in total. The number of hydrogen-bond donors (Lipinski definition) is 1. The smallest absolute Gasteiger partial charge is 0.275 e. The summed E-state index contributed by atoms with van der Waals surface area (Å²) in [5.74, 6) is 0.471. The molecule has 1 saturated carbocycles. The van der Waals surface area contributed by atoms with Crippen molar-refractivity contribution in [1.82, 2.24) is 9.88 Å². The Hall–Kier alpha value is -3.28. The fraction of sp³-hybridized carbons (Fsp3) is 0.407. The Labute approximate surface area is 194 Å². The summed E-state index contributed by atoms with van der Waals surface area (Å²) in [6.07, 6.45) is 5.48. The number of nitrogens with zero attached hydrogens (tertiary/aromatic N) is 2. The first-order valence-corrected chi connectivity index (χ1v) is 11.8. The van der Waals surface area contributed by atoms with Gasteiger partial charge < -0.3 is 14.6 Å². The van der Waals surface area contributed by atoms with Crippen molar-refractivity contribution in [3.8, 4) is 5.75 Å². The van der Waals surface area contributed by atoms with Crippen molar-refractivity contribution >= 4 is 28.4 Å². The van der Waals surface area contributed by atoms with Gasteiger partial charge in [0.25, 0.3) is 5.91 Å². The molecular weight excluding hydrogens is 414 g/mol. The number of para-hydroxylation sites is 1. The molecule has 1 aliphatic carbocycles. The van der Waals surface area contributed by atoms with Crippen LogP contribution in [-0.4, -0.2) is 35.1 Å². The standard InChI is InChI=1S/C27H31N3O3/c1-18-9-7-8-12-22(18)30-25(31)24-15-19-13-14-21(33-3)16-23(19)29(24)17-27(30,2)26(32)28-20-10-5-4-6-11-20/h7-9,12-16,20H,4-6,10-11,17H2,1-3H3,(H,28,32). The molecular formula is C27H31N3O3. The number of methoxy groups -OCH3 is 1. The van der Waals surface area contributed by atoms with Gasteiger partial charge in [-0.05, 0) is 56.5 Å². The summed E-state index contributed by atoms with van der Waals surface area (Å²) in [4.78, 5) is 29.6. The van der Waals surface area contributed by atoms with Gasteiger partial charge in [0, 0.05) is 23.2 Å². The number of carbonyl (C=O) groups is 2. The minimum absolute atomic E-state index is 0.0959. The quantitative estimate of drug-likeness (QED) is 0.626. The van der Waals surface area contributed by atoms with Crippen LogP contribution in [0.15, 0.2) is 48.5 Å². The van der Waals surface area contributed by atoms with Gasteiger partial charge in [0.15, 0.2) is 0 Å². The highest BCUT2D eigenvalue weighted by molar-refractivity contribution is 6.14. The minimum atomic E-state index is -1.07. The highest BCUT2D eigenvalue weighted by atomic mass is 16.5. The second-order valence-corrected chi connectivity index (χ2v) is 9.55. The van der Waals surface area contributed by atoms with Crippen molar-refractivity contribution in [3.63, 3.8) is 0 Å². The summed E-state index contributed by atoms with van der Waals surface area (Å²) in [5.41, 5.74) is 2.16. The van der Waals surface area contributed by atoms with Gasteiger partial charge in [0.1, 0.15) is 17.0 Å². The zero-order valence-corrected chi connectivity index (χ0v) is 19.6. The van der Waals surface area contributed by atoms with E-state index in [2.05, 4.69) is 5.32 Å². The van der Waals surface area contributed by atoms with Crippen LogP contribution in [0.5, 0.6) is 5.75 Å². The van der Waals surface area contributed by atoms with E-state index in [-0.39, 0.29) is 17.9 Å². The molecule has 1 fully saturated rings. The number of ether oxygens (including phenoxy) is 1. The predicted molar refractivity (Wildman–Crippen MR) is 130 cm³/mol. The number of fused-ring (bicyclic) bond motifs is 3. The minimum Gasteiger partial charge on any atom is -0.497 e. The number of carbonyl (C=O) groups excluding carboxylic acids is 2. The van der Waals surface area contributed by atoms with E-state index in [0.29, 0.717) is 12.2 Å². The number of amides is 2. The van der Waals surface area contributed by atoms with Crippen LogP contribution in [0.3, 0.4) is 0 Å². The zero-order valence-electron chi connectivity index (χ0n) is 19.6. The van der Waals surface area contributed by atoms with Crippen molar-refractivity contribution in [2.24, 2.45) is 0 Å². The summed E-state index contributed by atoms with van der Waals surface area (Å²) in [5, 5.41) is 4.25. The summed E-state index contributed by atoms with van der Waals surface area (Å²) in [7, 11) is 1.63. The molecule has 0 radical (unpaired) electrons. The first-order valence-electron chi connectivity index (χ1n) is 11.8. The van der Waals surface area contributed by atoms with Gasteiger partial charge in [0.2, 0.25) is 5.91 Å². The molecule has 5 rings (SSSR count). The summed E-state index contributed by atoms with van der Waals surface area (Å²) in [6, 6.07) is 15.7. The average molecular weight is 446 g/mol. The Bertz CT molecular complexity index is 1220. The zero-order chi connectivity index (χ0) is 23.2. The van der Waals surface area contributed by atoms with Crippen LogP contribution in [0.25, 0.3) is 10.9 Å². The van der Waals surface area contributed by atoms with E-state index in [1.807, 2.05) is 66.9 Å². The molecule has 1 aliphatic heterocycles. The van der Waals surface area contributed by atoms with Crippen LogP contribution in [0.1, 0.15) is 55.1 Å². The number of anilines is 1. The molecule has 2 aliphatic rings. The Morgan fingerprint density at radius 2 is 1.85 bits per heavy atom. The van der Waals surface area contributed by atoms with E-state index in [4.69, 9.17) is 4.74 Å². The van der Waals surface area contributed by atoms with Gasteiger partial charge in [-0.1, -0.05) is 37.5 Å². The molecule has 3 aromatic rings. The van der Waals surface area contributed by atoms with Crippen molar-refractivity contribution in [2.75, 3.05) is 12.0 Å². The van der Waals surface area contributed by atoms with Crippen molar-refractivity contribution in [2.45, 2.75) is 64.1 Å². The van der Waals surface area contributed by atoms with Gasteiger partial charge in [-0.15, -0.1) is 0 Å². The van der Waals surface area contributed by atoms with E-state index >= 15 is 0 Å². The van der Waals surface area contributed by atoms with Crippen LogP contribution in [0.4, 0.5) is 5.69 Å². The Morgan fingerprint density at radius 1 is 1.09 bits per heavy atom. The first-order chi connectivity index (χ1) is 15.9. The van der Waals surface area contributed by atoms with Crippen LogP contribution in [0, 0.1) is 6.92 Å². The molecule has 1 atom stereocenters. The van der Waals surface area contributed by atoms with E-state index < -0.39 is 5.54 Å². The molecule has 0 spiro atoms. The number of rotatable bonds is 4.